The van der Waals surface area contributed by atoms with Crippen LogP contribution in [-0.2, 0) is 4.79 Å². The molecular formula is C9H11NO. The van der Waals surface area contributed by atoms with E-state index in [-0.39, 0.29) is 5.78 Å². The second-order valence-electron chi connectivity index (χ2n) is 2.42. The molecule has 0 radical (unpaired) electrons. The molecule has 1 aromatic rings. The number of hydrogen-bond acceptors (Lipinski definition) is 2. The monoisotopic (exact) mass is 149 g/mol. The molecule has 0 saturated heterocycles. The highest BCUT2D eigenvalue weighted by molar-refractivity contribution is 5.80. The van der Waals surface area contributed by atoms with Gasteiger partial charge >= 0.3 is 0 Å². The Hall–Kier alpha value is -1.31. The summed E-state index contributed by atoms with van der Waals surface area (Å²) >= 11 is 0. The number of anilines is 1. The second-order valence-corrected chi connectivity index (χ2v) is 2.42. The highest BCUT2D eigenvalue weighted by Gasteiger charge is 1.91. The summed E-state index contributed by atoms with van der Waals surface area (Å²) in [5.41, 5.74) is 0.989. The number of carbonyl (C=O) groups is 1. The first-order valence-electron chi connectivity index (χ1n) is 3.57. The van der Waals surface area contributed by atoms with Crippen LogP contribution < -0.4 is 5.32 Å². The standard InChI is InChI=1S/C9H11NO/c1-8(11)7-10-9-5-3-2-4-6-9/h2-6,10H,7H2,1H3. The van der Waals surface area contributed by atoms with Crippen molar-refractivity contribution in [2.75, 3.05) is 11.9 Å². The SMILES string of the molecule is CC(=O)CNc1ccccc1. The van der Waals surface area contributed by atoms with Gasteiger partial charge in [-0.3, -0.25) is 4.79 Å². The van der Waals surface area contributed by atoms with E-state index in [0.29, 0.717) is 6.54 Å². The van der Waals surface area contributed by atoms with E-state index >= 15 is 0 Å². The Morgan fingerprint density at radius 1 is 1.36 bits per heavy atom. The van der Waals surface area contributed by atoms with Gasteiger partial charge in [0.1, 0.15) is 5.78 Å². The van der Waals surface area contributed by atoms with Gasteiger partial charge in [0.2, 0.25) is 0 Å². The minimum Gasteiger partial charge on any atom is -0.378 e. The molecule has 0 unspecified atom stereocenters. The second kappa shape index (κ2) is 3.76. The Labute approximate surface area is 66.2 Å². The van der Waals surface area contributed by atoms with Gasteiger partial charge in [-0.15, -0.1) is 0 Å². The van der Waals surface area contributed by atoms with Gasteiger partial charge < -0.3 is 5.32 Å². The zero-order valence-electron chi connectivity index (χ0n) is 6.50. The third kappa shape index (κ3) is 2.85. The highest BCUT2D eigenvalue weighted by Crippen LogP contribution is 2.03. The lowest BCUT2D eigenvalue weighted by atomic mass is 10.3. The minimum absolute atomic E-state index is 0.147. The number of hydrogen-bond donors (Lipinski definition) is 1. The van der Waals surface area contributed by atoms with Crippen LogP contribution in [0.15, 0.2) is 30.3 Å². The molecular weight excluding hydrogens is 138 g/mol. The van der Waals surface area contributed by atoms with Crippen LogP contribution in [0.1, 0.15) is 6.92 Å². The van der Waals surface area contributed by atoms with E-state index in [1.165, 1.54) is 0 Å². The molecule has 0 atom stereocenters. The number of benzene rings is 1. The zero-order chi connectivity index (χ0) is 8.10. The van der Waals surface area contributed by atoms with Crippen molar-refractivity contribution in [3.05, 3.63) is 30.3 Å². The molecule has 58 valence electrons. The molecule has 0 aliphatic carbocycles. The summed E-state index contributed by atoms with van der Waals surface area (Å²) in [6.07, 6.45) is 0. The van der Waals surface area contributed by atoms with Crippen molar-refractivity contribution in [3.63, 3.8) is 0 Å². The molecule has 1 rings (SSSR count). The molecule has 0 spiro atoms. The fraction of sp³-hybridized carbons (Fsp3) is 0.222. The lowest BCUT2D eigenvalue weighted by molar-refractivity contribution is -0.115. The van der Waals surface area contributed by atoms with Crippen molar-refractivity contribution in [2.45, 2.75) is 6.92 Å². The number of ketones is 1. The summed E-state index contributed by atoms with van der Waals surface area (Å²) in [5.74, 6) is 0.147. The largest absolute Gasteiger partial charge is 0.378 e. The molecule has 0 fully saturated rings. The predicted molar refractivity (Wildman–Crippen MR) is 45.6 cm³/mol. The molecule has 0 aliphatic rings. The van der Waals surface area contributed by atoms with Crippen LogP contribution in [0.25, 0.3) is 0 Å². The van der Waals surface area contributed by atoms with Crippen LogP contribution in [0.2, 0.25) is 0 Å². The summed E-state index contributed by atoms with van der Waals surface area (Å²) in [7, 11) is 0. The number of nitrogens with one attached hydrogen (secondary N) is 1. The molecule has 0 bridgehead atoms. The van der Waals surface area contributed by atoms with E-state index in [0.717, 1.165) is 5.69 Å². The quantitative estimate of drug-likeness (QED) is 0.708. The smallest absolute Gasteiger partial charge is 0.148 e. The first-order chi connectivity index (χ1) is 5.29. The first-order valence-corrected chi connectivity index (χ1v) is 3.57. The van der Waals surface area contributed by atoms with Crippen LogP contribution in [0.4, 0.5) is 5.69 Å². The summed E-state index contributed by atoms with van der Waals surface area (Å²) < 4.78 is 0. The molecule has 2 nitrogen and oxygen atoms in total. The highest BCUT2D eigenvalue weighted by atomic mass is 16.1. The van der Waals surface area contributed by atoms with E-state index < -0.39 is 0 Å². The molecule has 0 saturated carbocycles. The first kappa shape index (κ1) is 7.79. The number of rotatable bonds is 3. The maximum Gasteiger partial charge on any atom is 0.148 e. The molecule has 0 aliphatic heterocycles. The summed E-state index contributed by atoms with van der Waals surface area (Å²) in [4.78, 5) is 10.6. The van der Waals surface area contributed by atoms with Crippen LogP contribution in [-0.4, -0.2) is 12.3 Å². The third-order valence-electron chi connectivity index (χ3n) is 1.32. The summed E-state index contributed by atoms with van der Waals surface area (Å²) in [6.45, 7) is 1.97. The summed E-state index contributed by atoms with van der Waals surface area (Å²) in [6, 6.07) is 9.68. The lowest BCUT2D eigenvalue weighted by Crippen LogP contribution is -2.09. The summed E-state index contributed by atoms with van der Waals surface area (Å²) in [5, 5.41) is 2.99. The Morgan fingerprint density at radius 3 is 2.55 bits per heavy atom. The van der Waals surface area contributed by atoms with Gasteiger partial charge in [-0.25, -0.2) is 0 Å². The van der Waals surface area contributed by atoms with Crippen LogP contribution in [0, 0.1) is 0 Å². The van der Waals surface area contributed by atoms with Gasteiger partial charge in [0.05, 0.1) is 6.54 Å². The van der Waals surface area contributed by atoms with E-state index in [1.54, 1.807) is 6.92 Å². The van der Waals surface area contributed by atoms with Crippen molar-refractivity contribution in [1.29, 1.82) is 0 Å². The Kier molecular flexibility index (Phi) is 2.66. The van der Waals surface area contributed by atoms with E-state index in [2.05, 4.69) is 5.32 Å². The molecule has 0 heterocycles. The molecule has 0 amide bonds. The van der Waals surface area contributed by atoms with E-state index in [1.807, 2.05) is 30.3 Å². The Bertz CT molecular complexity index is 231. The maximum atomic E-state index is 10.6. The van der Waals surface area contributed by atoms with Crippen LogP contribution in [0.5, 0.6) is 0 Å². The number of para-hydroxylation sites is 1. The van der Waals surface area contributed by atoms with Gasteiger partial charge in [0.25, 0.3) is 0 Å². The van der Waals surface area contributed by atoms with Crippen molar-refractivity contribution in [2.24, 2.45) is 0 Å². The average Bonchev–Trinajstić information content (AvgIpc) is 2.03. The van der Waals surface area contributed by atoms with Crippen molar-refractivity contribution in [1.82, 2.24) is 0 Å². The predicted octanol–water partition coefficient (Wildman–Crippen LogP) is 1.69. The van der Waals surface area contributed by atoms with Crippen molar-refractivity contribution in [3.8, 4) is 0 Å². The van der Waals surface area contributed by atoms with Crippen LogP contribution in [0.3, 0.4) is 0 Å². The average molecular weight is 149 g/mol. The normalized spacial score (nSPS) is 9.18. The lowest BCUT2D eigenvalue weighted by Gasteiger charge is -2.01. The molecule has 11 heavy (non-hydrogen) atoms. The minimum atomic E-state index is 0.147. The van der Waals surface area contributed by atoms with Crippen molar-refractivity contribution >= 4 is 11.5 Å². The van der Waals surface area contributed by atoms with Gasteiger partial charge in [0, 0.05) is 5.69 Å². The van der Waals surface area contributed by atoms with Crippen molar-refractivity contribution < 1.29 is 4.79 Å². The number of Topliss-reactive ketones (excluding diaryl/α,β-unsaturated/α-hetero) is 1. The zero-order valence-corrected chi connectivity index (χ0v) is 6.50. The van der Waals surface area contributed by atoms with Crippen LogP contribution >= 0.6 is 0 Å². The fourth-order valence-electron chi connectivity index (χ4n) is 0.783. The third-order valence-corrected chi connectivity index (χ3v) is 1.32. The van der Waals surface area contributed by atoms with E-state index in [9.17, 15) is 4.79 Å². The van der Waals surface area contributed by atoms with Gasteiger partial charge in [-0.2, -0.15) is 0 Å². The van der Waals surface area contributed by atoms with Gasteiger partial charge in [-0.1, -0.05) is 18.2 Å². The number of carbonyl (C=O) groups excluding carboxylic acids is 1. The molecule has 2 heteroatoms. The maximum absolute atomic E-state index is 10.6. The van der Waals surface area contributed by atoms with E-state index in [4.69, 9.17) is 0 Å². The van der Waals surface area contributed by atoms with Gasteiger partial charge in [-0.05, 0) is 19.1 Å². The molecule has 1 N–H and O–H groups in total. The Morgan fingerprint density at radius 2 is 2.00 bits per heavy atom. The fourth-order valence-corrected chi connectivity index (χ4v) is 0.783. The van der Waals surface area contributed by atoms with Gasteiger partial charge in [0.15, 0.2) is 0 Å². The molecule has 1 aromatic carbocycles. The molecule has 0 aromatic heterocycles. The topological polar surface area (TPSA) is 29.1 Å². The Balaban J connectivity index is 2.45.